The van der Waals surface area contributed by atoms with E-state index in [0.717, 1.165) is 27.3 Å². The number of benzene rings is 3. The van der Waals surface area contributed by atoms with Gasteiger partial charge in [0, 0.05) is 22.9 Å². The lowest BCUT2D eigenvalue weighted by Crippen LogP contribution is -2.30. The molecule has 1 N–H and O–H groups in total. The Morgan fingerprint density at radius 3 is 2.70 bits per heavy atom. The number of nitrogens with zero attached hydrogens (tertiary/aromatic N) is 1. The van der Waals surface area contributed by atoms with Crippen molar-refractivity contribution >= 4 is 44.6 Å². The summed E-state index contributed by atoms with van der Waals surface area (Å²) in [6, 6.07) is 20.4. The van der Waals surface area contributed by atoms with E-state index in [2.05, 4.69) is 5.32 Å². The SMILES string of the molecule is CCOC(=O)C1=C(C)NC(SCc2cc(=O)oc3ccc(OC)cc23)=N[C@@H]1c1cccc2ccccc12. The molecule has 0 amide bonds. The van der Waals surface area contributed by atoms with Crippen molar-refractivity contribution in [2.24, 2.45) is 4.99 Å². The molecule has 37 heavy (non-hydrogen) atoms. The number of amidine groups is 1. The number of allylic oxidation sites excluding steroid dienone is 1. The summed E-state index contributed by atoms with van der Waals surface area (Å²) in [4.78, 5) is 30.2. The topological polar surface area (TPSA) is 90.1 Å². The van der Waals surface area contributed by atoms with Crippen LogP contribution in [-0.2, 0) is 15.3 Å². The van der Waals surface area contributed by atoms with Gasteiger partial charge in [0.05, 0.1) is 19.3 Å². The van der Waals surface area contributed by atoms with E-state index >= 15 is 0 Å². The van der Waals surface area contributed by atoms with Gasteiger partial charge in [0.25, 0.3) is 0 Å². The third-order valence-electron chi connectivity index (χ3n) is 6.23. The monoisotopic (exact) mass is 514 g/mol. The van der Waals surface area contributed by atoms with E-state index in [-0.39, 0.29) is 6.61 Å². The minimum Gasteiger partial charge on any atom is -0.497 e. The van der Waals surface area contributed by atoms with Crippen LogP contribution >= 0.6 is 11.8 Å². The molecular formula is C29H26N2O5S. The third kappa shape index (κ3) is 4.97. The first-order chi connectivity index (χ1) is 18.0. The number of hydrogen-bond acceptors (Lipinski definition) is 8. The van der Waals surface area contributed by atoms with Gasteiger partial charge in [0.1, 0.15) is 17.4 Å². The van der Waals surface area contributed by atoms with Crippen LogP contribution in [0.25, 0.3) is 21.7 Å². The number of nitrogens with one attached hydrogen (secondary N) is 1. The van der Waals surface area contributed by atoms with Crippen molar-refractivity contribution < 1.29 is 18.7 Å². The van der Waals surface area contributed by atoms with Crippen molar-refractivity contribution in [2.45, 2.75) is 25.6 Å². The maximum absolute atomic E-state index is 13.0. The lowest BCUT2D eigenvalue weighted by Gasteiger charge is -2.26. The Bertz CT molecular complexity index is 1620. The number of fused-ring (bicyclic) bond motifs is 2. The van der Waals surface area contributed by atoms with Gasteiger partial charge in [-0.3, -0.25) is 0 Å². The summed E-state index contributed by atoms with van der Waals surface area (Å²) in [6.07, 6.45) is 0. The van der Waals surface area contributed by atoms with Crippen molar-refractivity contribution in [2.75, 3.05) is 13.7 Å². The molecule has 5 rings (SSSR count). The van der Waals surface area contributed by atoms with E-state index in [4.69, 9.17) is 18.9 Å². The Balaban J connectivity index is 1.53. The lowest BCUT2D eigenvalue weighted by atomic mass is 9.92. The molecule has 3 aromatic carbocycles. The summed E-state index contributed by atoms with van der Waals surface area (Å²) < 4.78 is 16.1. The van der Waals surface area contributed by atoms with Crippen LogP contribution in [0, 0.1) is 0 Å². The molecule has 0 unspecified atom stereocenters. The molecule has 7 nitrogen and oxygen atoms in total. The van der Waals surface area contributed by atoms with Crippen molar-refractivity contribution in [3.63, 3.8) is 0 Å². The average Bonchev–Trinajstić information content (AvgIpc) is 2.90. The smallest absolute Gasteiger partial charge is 0.338 e. The van der Waals surface area contributed by atoms with Crippen LogP contribution in [0.3, 0.4) is 0 Å². The van der Waals surface area contributed by atoms with Gasteiger partial charge in [-0.05, 0) is 53.9 Å². The van der Waals surface area contributed by atoms with Gasteiger partial charge in [-0.25, -0.2) is 14.6 Å². The Morgan fingerprint density at radius 1 is 1.08 bits per heavy atom. The molecule has 1 aromatic heterocycles. The maximum Gasteiger partial charge on any atom is 0.338 e. The summed E-state index contributed by atoms with van der Waals surface area (Å²) in [5.41, 5.74) is 2.98. The highest BCUT2D eigenvalue weighted by Gasteiger charge is 2.31. The maximum atomic E-state index is 13.0. The van der Waals surface area contributed by atoms with Crippen molar-refractivity contribution in [1.29, 1.82) is 0 Å². The normalized spacial score (nSPS) is 15.4. The zero-order chi connectivity index (χ0) is 25.9. The molecule has 0 saturated carbocycles. The first kappa shape index (κ1) is 24.6. The van der Waals surface area contributed by atoms with E-state index in [9.17, 15) is 9.59 Å². The number of thioether (sulfide) groups is 1. The van der Waals surface area contributed by atoms with Gasteiger partial charge in [-0.1, -0.05) is 54.2 Å². The second-order valence-corrected chi connectivity index (χ2v) is 9.49. The minimum absolute atomic E-state index is 0.274. The molecule has 2 heterocycles. The molecule has 1 aliphatic heterocycles. The second-order valence-electron chi connectivity index (χ2n) is 8.53. The number of aliphatic imine (C=N–C) groups is 1. The van der Waals surface area contributed by atoms with Crippen LogP contribution in [0.15, 0.2) is 92.2 Å². The van der Waals surface area contributed by atoms with E-state index in [1.807, 2.05) is 55.5 Å². The number of carbonyl (C=O) groups is 1. The predicted octanol–water partition coefficient (Wildman–Crippen LogP) is 5.73. The van der Waals surface area contributed by atoms with Gasteiger partial charge in [0.15, 0.2) is 5.17 Å². The summed E-state index contributed by atoms with van der Waals surface area (Å²) in [5, 5.41) is 6.82. The zero-order valence-corrected chi connectivity index (χ0v) is 21.6. The standard InChI is InChI=1S/C29H26N2O5S/c1-4-35-28(33)26-17(2)30-29(31-27(26)22-11-7-9-18-8-5-6-10-21(18)22)37-16-19-14-25(32)36-24-13-12-20(34-3)15-23(19)24/h5-15,27H,4,16H2,1-3H3,(H,30,31)/t27-/m1/s1. The molecule has 0 spiro atoms. The Morgan fingerprint density at radius 2 is 1.89 bits per heavy atom. The summed E-state index contributed by atoms with van der Waals surface area (Å²) in [5.74, 6) is 0.748. The first-order valence-electron chi connectivity index (χ1n) is 11.9. The minimum atomic E-state index is -0.536. The third-order valence-corrected chi connectivity index (χ3v) is 7.17. The van der Waals surface area contributed by atoms with Crippen LogP contribution in [0.4, 0.5) is 0 Å². The van der Waals surface area contributed by atoms with Crippen LogP contribution in [0.1, 0.15) is 31.0 Å². The van der Waals surface area contributed by atoms with E-state index in [0.29, 0.717) is 33.5 Å². The van der Waals surface area contributed by atoms with Gasteiger partial charge in [-0.15, -0.1) is 0 Å². The summed E-state index contributed by atoms with van der Waals surface area (Å²) >= 11 is 1.45. The molecule has 188 valence electrons. The number of hydrogen-bond donors (Lipinski definition) is 1. The molecule has 0 fully saturated rings. The van der Waals surface area contributed by atoms with Crippen molar-refractivity contribution in [1.82, 2.24) is 5.32 Å². The number of methoxy groups -OCH3 is 1. The molecule has 1 atom stereocenters. The van der Waals surface area contributed by atoms with Gasteiger partial charge >= 0.3 is 11.6 Å². The molecule has 8 heteroatoms. The number of rotatable bonds is 6. The van der Waals surface area contributed by atoms with Crippen molar-refractivity contribution in [3.8, 4) is 5.75 Å². The number of carbonyl (C=O) groups excluding carboxylic acids is 1. The largest absolute Gasteiger partial charge is 0.497 e. The number of esters is 1. The van der Waals surface area contributed by atoms with Crippen LogP contribution < -0.4 is 15.7 Å². The lowest BCUT2D eigenvalue weighted by molar-refractivity contribution is -0.138. The van der Waals surface area contributed by atoms with Gasteiger partial charge < -0.3 is 19.2 Å². The fourth-order valence-electron chi connectivity index (χ4n) is 4.51. The van der Waals surface area contributed by atoms with E-state index in [1.165, 1.54) is 17.8 Å². The molecule has 0 radical (unpaired) electrons. The molecule has 0 saturated heterocycles. The predicted molar refractivity (Wildman–Crippen MR) is 147 cm³/mol. The number of ether oxygens (including phenoxy) is 2. The molecular weight excluding hydrogens is 488 g/mol. The van der Waals surface area contributed by atoms with Gasteiger partial charge in [0.2, 0.25) is 0 Å². The Kier molecular flexibility index (Phi) is 7.01. The van der Waals surface area contributed by atoms with Crippen LogP contribution in [0.5, 0.6) is 5.75 Å². The molecule has 0 aliphatic carbocycles. The van der Waals surface area contributed by atoms with E-state index < -0.39 is 17.6 Å². The van der Waals surface area contributed by atoms with Crippen molar-refractivity contribution in [3.05, 3.63) is 99.5 Å². The highest BCUT2D eigenvalue weighted by molar-refractivity contribution is 8.13. The molecule has 4 aromatic rings. The second kappa shape index (κ2) is 10.5. The van der Waals surface area contributed by atoms with Gasteiger partial charge in [-0.2, -0.15) is 0 Å². The average molecular weight is 515 g/mol. The van der Waals surface area contributed by atoms with Crippen LogP contribution in [0.2, 0.25) is 0 Å². The fourth-order valence-corrected chi connectivity index (χ4v) is 5.44. The highest BCUT2D eigenvalue weighted by Crippen LogP contribution is 2.37. The molecule has 1 aliphatic rings. The van der Waals surface area contributed by atoms with E-state index in [1.54, 1.807) is 26.2 Å². The zero-order valence-electron chi connectivity index (χ0n) is 20.7. The fraction of sp³-hybridized carbons (Fsp3) is 0.207. The van der Waals surface area contributed by atoms with Crippen LogP contribution in [-0.4, -0.2) is 24.9 Å². The quantitative estimate of drug-likeness (QED) is 0.260. The Labute approximate surface area is 218 Å². The first-order valence-corrected chi connectivity index (χ1v) is 12.9. The summed E-state index contributed by atoms with van der Waals surface area (Å²) in [7, 11) is 1.60. The highest BCUT2D eigenvalue weighted by atomic mass is 32.2. The Hall–Kier alpha value is -4.04. The summed E-state index contributed by atoms with van der Waals surface area (Å²) in [6.45, 7) is 3.92. The molecule has 0 bridgehead atoms.